The van der Waals surface area contributed by atoms with Crippen molar-refractivity contribution in [3.05, 3.63) is 18.2 Å². The molecule has 5 heteroatoms. The van der Waals surface area contributed by atoms with Gasteiger partial charge < -0.3 is 9.84 Å². The molecule has 1 aromatic rings. The van der Waals surface area contributed by atoms with E-state index < -0.39 is 5.97 Å². The molecule has 1 rings (SSSR count). The highest BCUT2D eigenvalue weighted by atomic mass is 16.5. The van der Waals surface area contributed by atoms with Gasteiger partial charge in [-0.25, -0.2) is 9.97 Å². The van der Waals surface area contributed by atoms with Crippen LogP contribution in [-0.2, 0) is 11.2 Å². The van der Waals surface area contributed by atoms with E-state index >= 15 is 0 Å². The van der Waals surface area contributed by atoms with Gasteiger partial charge in [-0.1, -0.05) is 0 Å². The molecule has 1 heterocycles. The van der Waals surface area contributed by atoms with Crippen molar-refractivity contribution < 1.29 is 14.6 Å². The Labute approximate surface area is 81.8 Å². The first-order valence-corrected chi connectivity index (χ1v) is 4.38. The summed E-state index contributed by atoms with van der Waals surface area (Å²) in [6, 6.07) is 0. The predicted molar refractivity (Wildman–Crippen MR) is 49.2 cm³/mol. The van der Waals surface area contributed by atoms with Gasteiger partial charge in [0.15, 0.2) is 5.75 Å². The molecular formula is C9H12N2O3. The first kappa shape index (κ1) is 10.4. The fraction of sp³-hybridized carbons (Fsp3) is 0.444. The Hall–Kier alpha value is -1.65. The number of carbonyl (C=O) groups is 1. The largest absolute Gasteiger partial charge is 0.491 e. The van der Waals surface area contributed by atoms with E-state index in [-0.39, 0.29) is 6.42 Å². The van der Waals surface area contributed by atoms with Gasteiger partial charge in [-0.05, 0) is 6.92 Å². The summed E-state index contributed by atoms with van der Waals surface area (Å²) in [5.41, 5.74) is 0. The van der Waals surface area contributed by atoms with Crippen molar-refractivity contribution in [2.45, 2.75) is 19.8 Å². The van der Waals surface area contributed by atoms with Gasteiger partial charge in [0.05, 0.1) is 25.4 Å². The highest BCUT2D eigenvalue weighted by Gasteiger charge is 2.01. The monoisotopic (exact) mass is 196 g/mol. The van der Waals surface area contributed by atoms with Crippen molar-refractivity contribution in [2.75, 3.05) is 6.61 Å². The predicted octanol–water partition coefficient (Wildman–Crippen LogP) is 0.892. The fourth-order valence-electron chi connectivity index (χ4n) is 0.932. The van der Waals surface area contributed by atoms with Crippen molar-refractivity contribution in [3.8, 4) is 5.75 Å². The molecule has 0 spiro atoms. The fourth-order valence-corrected chi connectivity index (χ4v) is 0.932. The van der Waals surface area contributed by atoms with Gasteiger partial charge in [0.1, 0.15) is 5.82 Å². The smallest absolute Gasteiger partial charge is 0.303 e. The second kappa shape index (κ2) is 5.16. The molecular weight excluding hydrogens is 184 g/mol. The number of rotatable bonds is 5. The van der Waals surface area contributed by atoms with E-state index in [0.29, 0.717) is 24.6 Å². The molecule has 0 aliphatic heterocycles. The first-order chi connectivity index (χ1) is 6.72. The Bertz CT molecular complexity index is 297. The Morgan fingerprint density at radius 1 is 1.50 bits per heavy atom. The average Bonchev–Trinajstić information content (AvgIpc) is 2.17. The highest BCUT2D eigenvalue weighted by molar-refractivity contribution is 5.66. The van der Waals surface area contributed by atoms with Crippen molar-refractivity contribution in [3.63, 3.8) is 0 Å². The van der Waals surface area contributed by atoms with Gasteiger partial charge in [0.2, 0.25) is 0 Å². The van der Waals surface area contributed by atoms with Gasteiger partial charge in [0.25, 0.3) is 0 Å². The first-order valence-electron chi connectivity index (χ1n) is 4.38. The zero-order chi connectivity index (χ0) is 10.4. The van der Waals surface area contributed by atoms with Crippen LogP contribution in [0.4, 0.5) is 0 Å². The van der Waals surface area contributed by atoms with Crippen LogP contribution in [0.15, 0.2) is 12.4 Å². The molecule has 0 unspecified atom stereocenters. The summed E-state index contributed by atoms with van der Waals surface area (Å²) in [6.07, 6.45) is 3.50. The Kier molecular flexibility index (Phi) is 3.84. The van der Waals surface area contributed by atoms with Crippen LogP contribution in [0.3, 0.4) is 0 Å². The lowest BCUT2D eigenvalue weighted by Gasteiger charge is -2.01. The van der Waals surface area contributed by atoms with Gasteiger partial charge in [-0.2, -0.15) is 0 Å². The molecule has 0 radical (unpaired) electrons. The van der Waals surface area contributed by atoms with Crippen molar-refractivity contribution in [1.29, 1.82) is 0 Å². The van der Waals surface area contributed by atoms with E-state index in [9.17, 15) is 4.79 Å². The molecule has 0 saturated carbocycles. The van der Waals surface area contributed by atoms with Crippen molar-refractivity contribution in [2.24, 2.45) is 0 Å². The number of carboxylic acid groups (broad SMARTS) is 1. The van der Waals surface area contributed by atoms with Crippen LogP contribution in [0.1, 0.15) is 19.2 Å². The lowest BCUT2D eigenvalue weighted by Crippen LogP contribution is -2.02. The molecule has 0 bridgehead atoms. The number of hydrogen-bond acceptors (Lipinski definition) is 4. The van der Waals surface area contributed by atoms with E-state index in [1.165, 1.54) is 0 Å². The number of aromatic nitrogens is 2. The van der Waals surface area contributed by atoms with Crippen LogP contribution >= 0.6 is 0 Å². The number of aliphatic carboxylic acids is 1. The topological polar surface area (TPSA) is 72.3 Å². The number of nitrogens with zero attached hydrogens (tertiary/aromatic N) is 2. The van der Waals surface area contributed by atoms with E-state index in [2.05, 4.69) is 9.97 Å². The summed E-state index contributed by atoms with van der Waals surface area (Å²) < 4.78 is 5.15. The van der Waals surface area contributed by atoms with Gasteiger partial charge in [0, 0.05) is 6.42 Å². The normalized spacial score (nSPS) is 9.79. The number of hydrogen-bond donors (Lipinski definition) is 1. The molecule has 0 fully saturated rings. The minimum atomic E-state index is -0.845. The lowest BCUT2D eigenvalue weighted by molar-refractivity contribution is -0.137. The second-order valence-corrected chi connectivity index (χ2v) is 2.66. The number of ether oxygens (including phenoxy) is 1. The van der Waals surface area contributed by atoms with E-state index in [1.54, 1.807) is 12.4 Å². The van der Waals surface area contributed by atoms with E-state index in [1.807, 2.05) is 6.92 Å². The van der Waals surface area contributed by atoms with E-state index in [0.717, 1.165) is 0 Å². The molecule has 1 aromatic heterocycles. The molecule has 5 nitrogen and oxygen atoms in total. The molecule has 76 valence electrons. The molecule has 14 heavy (non-hydrogen) atoms. The SMILES string of the molecule is CCOc1cnc(CCC(=O)O)nc1. The summed E-state index contributed by atoms with van der Waals surface area (Å²) >= 11 is 0. The molecule has 0 atom stereocenters. The van der Waals surface area contributed by atoms with Gasteiger partial charge >= 0.3 is 5.97 Å². The quantitative estimate of drug-likeness (QED) is 0.757. The third kappa shape index (κ3) is 3.38. The average molecular weight is 196 g/mol. The van der Waals surface area contributed by atoms with Crippen molar-refractivity contribution in [1.82, 2.24) is 9.97 Å². The molecule has 0 amide bonds. The van der Waals surface area contributed by atoms with Crippen LogP contribution in [0.2, 0.25) is 0 Å². The summed E-state index contributed by atoms with van der Waals surface area (Å²) in [5.74, 6) is 0.282. The Morgan fingerprint density at radius 3 is 2.64 bits per heavy atom. The van der Waals surface area contributed by atoms with E-state index in [4.69, 9.17) is 9.84 Å². The molecule has 0 saturated heterocycles. The Morgan fingerprint density at radius 2 is 2.14 bits per heavy atom. The summed E-state index contributed by atoms with van der Waals surface area (Å²) in [5, 5.41) is 8.43. The number of aryl methyl sites for hydroxylation is 1. The molecule has 0 aliphatic rings. The van der Waals surface area contributed by atoms with Crippen LogP contribution < -0.4 is 4.74 Å². The third-order valence-corrected chi connectivity index (χ3v) is 1.56. The zero-order valence-corrected chi connectivity index (χ0v) is 7.93. The van der Waals surface area contributed by atoms with Crippen molar-refractivity contribution >= 4 is 5.97 Å². The standard InChI is InChI=1S/C9H12N2O3/c1-2-14-7-5-10-8(11-6-7)3-4-9(12)13/h5-6H,2-4H2,1H3,(H,12,13). The molecule has 1 N–H and O–H groups in total. The van der Waals surface area contributed by atoms with Crippen LogP contribution in [-0.4, -0.2) is 27.7 Å². The minimum Gasteiger partial charge on any atom is -0.491 e. The highest BCUT2D eigenvalue weighted by Crippen LogP contribution is 2.06. The minimum absolute atomic E-state index is 0.0496. The molecule has 0 aliphatic carbocycles. The Balaban J connectivity index is 2.50. The van der Waals surface area contributed by atoms with Crippen LogP contribution in [0, 0.1) is 0 Å². The van der Waals surface area contributed by atoms with Crippen LogP contribution in [0.25, 0.3) is 0 Å². The maximum absolute atomic E-state index is 10.3. The zero-order valence-electron chi connectivity index (χ0n) is 7.93. The summed E-state index contributed by atoms with van der Waals surface area (Å²) in [7, 11) is 0. The van der Waals surface area contributed by atoms with Gasteiger partial charge in [-0.15, -0.1) is 0 Å². The summed E-state index contributed by atoms with van der Waals surface area (Å²) in [4.78, 5) is 18.2. The maximum Gasteiger partial charge on any atom is 0.303 e. The number of carboxylic acids is 1. The third-order valence-electron chi connectivity index (χ3n) is 1.56. The summed E-state index contributed by atoms with van der Waals surface area (Å²) in [6.45, 7) is 2.44. The van der Waals surface area contributed by atoms with Crippen LogP contribution in [0.5, 0.6) is 5.75 Å². The molecule has 0 aromatic carbocycles. The second-order valence-electron chi connectivity index (χ2n) is 2.66. The lowest BCUT2D eigenvalue weighted by atomic mass is 10.3. The maximum atomic E-state index is 10.3. The van der Waals surface area contributed by atoms with Gasteiger partial charge in [-0.3, -0.25) is 4.79 Å².